The smallest absolute Gasteiger partial charge is 0.222 e. The van der Waals surface area contributed by atoms with Gasteiger partial charge in [0.15, 0.2) is 0 Å². The van der Waals surface area contributed by atoms with Crippen LogP contribution in [0.3, 0.4) is 0 Å². The van der Waals surface area contributed by atoms with Crippen molar-refractivity contribution in [2.45, 2.75) is 18.9 Å². The van der Waals surface area contributed by atoms with E-state index < -0.39 is 0 Å². The van der Waals surface area contributed by atoms with Gasteiger partial charge in [0, 0.05) is 42.3 Å². The summed E-state index contributed by atoms with van der Waals surface area (Å²) in [5.74, 6) is -0.0508. The Morgan fingerprint density at radius 3 is 2.95 bits per heavy atom. The zero-order valence-electron chi connectivity index (χ0n) is 12.4. The Labute approximate surface area is 140 Å². The van der Waals surface area contributed by atoms with Crippen molar-refractivity contribution in [2.75, 3.05) is 20.2 Å². The number of aromatic nitrogens is 1. The van der Waals surface area contributed by atoms with Crippen molar-refractivity contribution in [3.05, 3.63) is 35.0 Å². The van der Waals surface area contributed by atoms with Gasteiger partial charge in [0.1, 0.15) is 0 Å². The molecule has 0 fully saturated rings. The molecule has 0 saturated carbocycles. The van der Waals surface area contributed by atoms with Crippen molar-refractivity contribution < 1.29 is 9.53 Å². The molecular formula is C15H21Cl2N3O2. The van der Waals surface area contributed by atoms with E-state index in [1.165, 1.54) is 0 Å². The van der Waals surface area contributed by atoms with E-state index >= 15 is 0 Å². The Morgan fingerprint density at radius 1 is 1.50 bits per heavy atom. The van der Waals surface area contributed by atoms with Crippen molar-refractivity contribution >= 4 is 40.8 Å². The van der Waals surface area contributed by atoms with Crippen LogP contribution in [0.5, 0.6) is 0 Å². The second kappa shape index (κ2) is 9.00. The Kier molecular flexibility index (Phi) is 7.68. The maximum absolute atomic E-state index is 11.7. The summed E-state index contributed by atoms with van der Waals surface area (Å²) in [5.41, 5.74) is 7.67. The van der Waals surface area contributed by atoms with Crippen LogP contribution in [-0.2, 0) is 16.0 Å². The first-order chi connectivity index (χ1) is 10.1. The Hall–Kier alpha value is -1.27. The van der Waals surface area contributed by atoms with Gasteiger partial charge in [-0.2, -0.15) is 0 Å². The highest BCUT2D eigenvalue weighted by Gasteiger charge is 2.11. The molecule has 0 aliphatic heterocycles. The quantitative estimate of drug-likeness (QED) is 0.719. The van der Waals surface area contributed by atoms with Gasteiger partial charge in [-0.25, -0.2) is 0 Å². The molecule has 7 heteroatoms. The van der Waals surface area contributed by atoms with Gasteiger partial charge in [-0.3, -0.25) is 4.79 Å². The number of ether oxygens (including phenoxy) is 1. The molecule has 1 aromatic heterocycles. The lowest BCUT2D eigenvalue weighted by atomic mass is 10.1. The topological polar surface area (TPSA) is 80.1 Å². The number of H-pyrrole nitrogens is 1. The molecule has 2 rings (SSSR count). The molecule has 1 aromatic carbocycles. The Bertz CT molecular complexity index is 612. The molecule has 0 aliphatic carbocycles. The van der Waals surface area contributed by atoms with Crippen molar-refractivity contribution in [3.8, 4) is 0 Å². The van der Waals surface area contributed by atoms with Gasteiger partial charge in [-0.05, 0) is 30.2 Å². The minimum atomic E-state index is -0.225. The monoisotopic (exact) mass is 345 g/mol. The number of methoxy groups -OCH3 is 1. The van der Waals surface area contributed by atoms with E-state index in [0.717, 1.165) is 22.9 Å². The van der Waals surface area contributed by atoms with Gasteiger partial charge < -0.3 is 20.8 Å². The molecule has 0 saturated heterocycles. The number of benzene rings is 1. The summed E-state index contributed by atoms with van der Waals surface area (Å²) in [7, 11) is 1.56. The summed E-state index contributed by atoms with van der Waals surface area (Å²) < 4.78 is 5.09. The van der Waals surface area contributed by atoms with Gasteiger partial charge in [-0.1, -0.05) is 11.6 Å². The fraction of sp³-hybridized carbons (Fsp3) is 0.400. The molecule has 22 heavy (non-hydrogen) atoms. The molecule has 5 nitrogen and oxygen atoms in total. The van der Waals surface area contributed by atoms with Crippen LogP contribution in [0.25, 0.3) is 10.9 Å². The Balaban J connectivity index is 0.00000242. The summed E-state index contributed by atoms with van der Waals surface area (Å²) in [6.07, 6.45) is 2.75. The van der Waals surface area contributed by atoms with Gasteiger partial charge in [0.05, 0.1) is 12.5 Å². The van der Waals surface area contributed by atoms with Crippen molar-refractivity contribution in [3.63, 3.8) is 0 Å². The molecule has 4 N–H and O–H groups in total. The fourth-order valence-corrected chi connectivity index (χ4v) is 2.41. The number of halogens is 2. The van der Waals surface area contributed by atoms with Crippen LogP contribution in [0.15, 0.2) is 24.4 Å². The molecule has 1 heterocycles. The first-order valence-corrected chi connectivity index (χ1v) is 7.27. The molecular weight excluding hydrogens is 325 g/mol. The van der Waals surface area contributed by atoms with Crippen LogP contribution >= 0.6 is 24.0 Å². The van der Waals surface area contributed by atoms with Crippen LogP contribution in [0.2, 0.25) is 5.02 Å². The number of hydrogen-bond acceptors (Lipinski definition) is 3. The molecule has 1 amide bonds. The van der Waals surface area contributed by atoms with E-state index in [-0.39, 0.29) is 30.8 Å². The van der Waals surface area contributed by atoms with Crippen LogP contribution in [0.4, 0.5) is 0 Å². The summed E-state index contributed by atoms with van der Waals surface area (Å²) >= 11 is 6.01. The van der Waals surface area contributed by atoms with Crippen LogP contribution < -0.4 is 11.1 Å². The van der Waals surface area contributed by atoms with Crippen LogP contribution in [-0.4, -0.2) is 37.2 Å². The van der Waals surface area contributed by atoms with E-state index in [4.69, 9.17) is 22.1 Å². The summed E-state index contributed by atoms with van der Waals surface area (Å²) in [4.78, 5) is 14.9. The molecule has 122 valence electrons. The highest BCUT2D eigenvalue weighted by molar-refractivity contribution is 6.31. The lowest BCUT2D eigenvalue weighted by Crippen LogP contribution is -2.33. The number of hydrogen-bond donors (Lipinski definition) is 3. The molecule has 0 spiro atoms. The first-order valence-electron chi connectivity index (χ1n) is 6.89. The van der Waals surface area contributed by atoms with Crippen molar-refractivity contribution in [1.82, 2.24) is 10.3 Å². The number of carbonyl (C=O) groups is 1. The molecule has 1 atom stereocenters. The number of aromatic amines is 1. The van der Waals surface area contributed by atoms with Gasteiger partial charge >= 0.3 is 0 Å². The highest BCUT2D eigenvalue weighted by atomic mass is 35.5. The van der Waals surface area contributed by atoms with Crippen LogP contribution in [0.1, 0.15) is 12.0 Å². The van der Waals surface area contributed by atoms with E-state index in [1.54, 1.807) is 7.11 Å². The first kappa shape index (κ1) is 18.8. The SMILES string of the molecule is COC(CN)CC(=O)NCCc1c[nH]c2ccc(Cl)cc12.Cl. The summed E-state index contributed by atoms with van der Waals surface area (Å²) in [5, 5.41) is 4.68. The fourth-order valence-electron chi connectivity index (χ4n) is 2.24. The third kappa shape index (κ3) is 4.88. The lowest BCUT2D eigenvalue weighted by molar-refractivity contribution is -0.123. The standard InChI is InChI=1S/C15H20ClN3O2.ClH/c1-21-12(8-17)7-15(20)18-5-4-10-9-19-14-3-2-11(16)6-13(10)14;/h2-3,6,9,12,19H,4-5,7-8,17H2,1H3,(H,18,20);1H. The average molecular weight is 346 g/mol. The average Bonchev–Trinajstić information content (AvgIpc) is 2.87. The number of amides is 1. The lowest BCUT2D eigenvalue weighted by Gasteiger charge is -2.12. The van der Waals surface area contributed by atoms with E-state index in [1.807, 2.05) is 24.4 Å². The number of rotatable bonds is 7. The molecule has 2 aromatic rings. The predicted octanol–water partition coefficient (Wildman–Crippen LogP) is 2.27. The second-order valence-corrected chi connectivity index (χ2v) is 5.34. The number of nitrogens with one attached hydrogen (secondary N) is 2. The van der Waals surface area contributed by atoms with Gasteiger partial charge in [0.25, 0.3) is 0 Å². The second-order valence-electron chi connectivity index (χ2n) is 4.90. The largest absolute Gasteiger partial charge is 0.380 e. The van der Waals surface area contributed by atoms with Crippen molar-refractivity contribution in [2.24, 2.45) is 5.73 Å². The molecule has 1 unspecified atom stereocenters. The van der Waals surface area contributed by atoms with Crippen molar-refractivity contribution in [1.29, 1.82) is 0 Å². The molecule has 0 radical (unpaired) electrons. The zero-order chi connectivity index (χ0) is 15.2. The number of fused-ring (bicyclic) bond motifs is 1. The van der Waals surface area contributed by atoms with Gasteiger partial charge in [-0.15, -0.1) is 12.4 Å². The number of nitrogens with two attached hydrogens (primary N) is 1. The minimum absolute atomic E-state index is 0. The third-order valence-electron chi connectivity index (χ3n) is 3.46. The summed E-state index contributed by atoms with van der Waals surface area (Å²) in [6, 6.07) is 5.73. The van der Waals surface area contributed by atoms with E-state index in [2.05, 4.69) is 10.3 Å². The normalized spacial score (nSPS) is 12.0. The maximum Gasteiger partial charge on any atom is 0.222 e. The summed E-state index contributed by atoms with van der Waals surface area (Å²) in [6.45, 7) is 0.907. The third-order valence-corrected chi connectivity index (χ3v) is 3.69. The van der Waals surface area contributed by atoms with Gasteiger partial charge in [0.2, 0.25) is 5.91 Å². The predicted molar refractivity (Wildman–Crippen MR) is 91.7 cm³/mol. The zero-order valence-corrected chi connectivity index (χ0v) is 14.0. The molecule has 0 bridgehead atoms. The molecule has 0 aliphatic rings. The highest BCUT2D eigenvalue weighted by Crippen LogP contribution is 2.22. The minimum Gasteiger partial charge on any atom is -0.380 e. The number of carbonyl (C=O) groups excluding carboxylic acids is 1. The Morgan fingerprint density at radius 2 is 2.27 bits per heavy atom. The van der Waals surface area contributed by atoms with Crippen LogP contribution in [0, 0.1) is 0 Å². The maximum atomic E-state index is 11.7. The van der Waals surface area contributed by atoms with E-state index in [9.17, 15) is 4.79 Å². The van der Waals surface area contributed by atoms with E-state index in [0.29, 0.717) is 18.1 Å².